The highest BCUT2D eigenvalue weighted by Crippen LogP contribution is 2.36. The number of aliphatic hydroxyl groups excluding tert-OH is 1. The van der Waals surface area contributed by atoms with Crippen molar-refractivity contribution in [3.8, 4) is 5.75 Å². The lowest BCUT2D eigenvalue weighted by Crippen LogP contribution is -2.49. The van der Waals surface area contributed by atoms with Crippen LogP contribution in [0.3, 0.4) is 0 Å². The number of ether oxygens (including phenoxy) is 2. The smallest absolute Gasteiger partial charge is 0.330 e. The van der Waals surface area contributed by atoms with Gasteiger partial charge in [0.15, 0.2) is 0 Å². The Morgan fingerprint density at radius 3 is 2.39 bits per heavy atom. The van der Waals surface area contributed by atoms with Gasteiger partial charge in [0.1, 0.15) is 23.5 Å². The first-order valence-electron chi connectivity index (χ1n) is 12.8. The summed E-state index contributed by atoms with van der Waals surface area (Å²) in [6.07, 6.45) is 7.44. The number of aliphatic hydroxyl groups is 1. The predicted octanol–water partition coefficient (Wildman–Crippen LogP) is 6.26. The molecule has 0 unspecified atom stereocenters. The van der Waals surface area contributed by atoms with Gasteiger partial charge in [0.2, 0.25) is 0 Å². The molecule has 0 heterocycles. The Morgan fingerprint density at radius 2 is 1.78 bits per heavy atom. The van der Waals surface area contributed by atoms with Crippen LogP contribution < -0.4 is 10.1 Å². The lowest BCUT2D eigenvalue weighted by Gasteiger charge is -2.36. The number of benzene rings is 2. The molecule has 0 aliphatic heterocycles. The Hall–Kier alpha value is -2.05. The van der Waals surface area contributed by atoms with Crippen molar-refractivity contribution in [1.82, 2.24) is 5.32 Å². The Balaban J connectivity index is 1.53. The second kappa shape index (κ2) is 13.5. The van der Waals surface area contributed by atoms with E-state index in [2.05, 4.69) is 43.4 Å². The quantitative estimate of drug-likeness (QED) is 0.235. The van der Waals surface area contributed by atoms with Crippen molar-refractivity contribution in [3.63, 3.8) is 0 Å². The Labute approximate surface area is 224 Å². The third-order valence-corrected chi connectivity index (χ3v) is 7.95. The summed E-state index contributed by atoms with van der Waals surface area (Å²) in [7, 11) is 0. The number of hydrogen-bond donors (Lipinski definition) is 2. The van der Waals surface area contributed by atoms with Crippen molar-refractivity contribution in [2.24, 2.45) is 5.92 Å². The highest BCUT2D eigenvalue weighted by molar-refractivity contribution is 6.43. The Kier molecular flexibility index (Phi) is 10.7. The molecule has 3 rings (SSSR count). The van der Waals surface area contributed by atoms with Gasteiger partial charge in [0, 0.05) is 18.2 Å². The predicted molar refractivity (Wildman–Crippen MR) is 147 cm³/mol. The van der Waals surface area contributed by atoms with Crippen LogP contribution in [0.5, 0.6) is 5.75 Å². The van der Waals surface area contributed by atoms with Crippen molar-refractivity contribution >= 4 is 35.2 Å². The molecule has 1 atom stereocenters. The molecule has 0 saturated carbocycles. The molecule has 2 N–H and O–H groups in total. The summed E-state index contributed by atoms with van der Waals surface area (Å²) >= 11 is 12.7. The molecular formula is C29H37Cl2NO4. The van der Waals surface area contributed by atoms with Gasteiger partial charge in [-0.15, -0.1) is 0 Å². The van der Waals surface area contributed by atoms with Crippen LogP contribution in [-0.2, 0) is 22.4 Å². The first-order chi connectivity index (χ1) is 17.3. The van der Waals surface area contributed by atoms with Crippen molar-refractivity contribution < 1.29 is 19.4 Å². The summed E-state index contributed by atoms with van der Waals surface area (Å²) in [5.74, 6) is 0.545. The van der Waals surface area contributed by atoms with E-state index in [0.717, 1.165) is 32.1 Å². The van der Waals surface area contributed by atoms with Gasteiger partial charge in [-0.25, -0.2) is 4.79 Å². The first kappa shape index (κ1) is 28.5. The van der Waals surface area contributed by atoms with Gasteiger partial charge in [0.05, 0.1) is 11.6 Å². The summed E-state index contributed by atoms with van der Waals surface area (Å²) in [6, 6.07) is 12.1. The molecule has 0 bridgehead atoms. The fraction of sp³-hybridized carbons (Fsp3) is 0.483. The SMILES string of the molecule is CCOC(=O)/C=C/c1ccc(OC[C@H](O)CNC(CC)(CC)CC2Cc3ccccc3C2)c(Cl)c1Cl. The van der Waals surface area contributed by atoms with E-state index in [4.69, 9.17) is 32.7 Å². The highest BCUT2D eigenvalue weighted by Gasteiger charge is 2.32. The minimum atomic E-state index is -0.707. The number of nitrogens with one attached hydrogen (secondary N) is 1. The van der Waals surface area contributed by atoms with E-state index < -0.39 is 12.1 Å². The Bertz CT molecular complexity index is 1030. The average Bonchev–Trinajstić information content (AvgIpc) is 3.29. The van der Waals surface area contributed by atoms with E-state index >= 15 is 0 Å². The van der Waals surface area contributed by atoms with Crippen LogP contribution in [0.25, 0.3) is 6.08 Å². The second-order valence-electron chi connectivity index (χ2n) is 9.45. The Morgan fingerprint density at radius 1 is 1.11 bits per heavy atom. The number of fused-ring (bicyclic) bond motifs is 1. The summed E-state index contributed by atoms with van der Waals surface area (Å²) in [6.45, 7) is 6.97. The maximum atomic E-state index is 11.5. The van der Waals surface area contributed by atoms with Crippen LogP contribution in [0, 0.1) is 5.92 Å². The average molecular weight is 535 g/mol. The summed E-state index contributed by atoms with van der Waals surface area (Å²) in [5, 5.41) is 14.8. The monoisotopic (exact) mass is 533 g/mol. The number of halogens is 2. The number of hydrogen-bond acceptors (Lipinski definition) is 5. The van der Waals surface area contributed by atoms with Crippen LogP contribution in [0.15, 0.2) is 42.5 Å². The van der Waals surface area contributed by atoms with E-state index in [0.29, 0.717) is 30.4 Å². The van der Waals surface area contributed by atoms with Crippen LogP contribution in [0.2, 0.25) is 10.0 Å². The van der Waals surface area contributed by atoms with Gasteiger partial charge in [-0.05, 0) is 79.8 Å². The summed E-state index contributed by atoms with van der Waals surface area (Å²) in [4.78, 5) is 11.5. The number of carbonyl (C=O) groups is 1. The van der Waals surface area contributed by atoms with Gasteiger partial charge < -0.3 is 19.9 Å². The molecule has 36 heavy (non-hydrogen) atoms. The normalized spacial score (nSPS) is 14.7. The second-order valence-corrected chi connectivity index (χ2v) is 10.2. The fourth-order valence-electron chi connectivity index (χ4n) is 4.92. The van der Waals surface area contributed by atoms with Crippen molar-refractivity contribution in [2.75, 3.05) is 19.8 Å². The van der Waals surface area contributed by atoms with Crippen LogP contribution in [0.1, 0.15) is 56.7 Å². The van der Waals surface area contributed by atoms with Crippen LogP contribution in [-0.4, -0.2) is 42.5 Å². The minimum absolute atomic E-state index is 0.0262. The zero-order valence-electron chi connectivity index (χ0n) is 21.4. The third-order valence-electron chi connectivity index (χ3n) is 7.07. The third kappa shape index (κ3) is 7.48. The van der Waals surface area contributed by atoms with Gasteiger partial charge in [-0.2, -0.15) is 0 Å². The van der Waals surface area contributed by atoms with Crippen molar-refractivity contribution in [1.29, 1.82) is 0 Å². The number of esters is 1. The summed E-state index contributed by atoms with van der Waals surface area (Å²) in [5.41, 5.74) is 3.49. The molecule has 1 aliphatic carbocycles. The topological polar surface area (TPSA) is 67.8 Å². The summed E-state index contributed by atoms with van der Waals surface area (Å²) < 4.78 is 10.7. The minimum Gasteiger partial charge on any atom is -0.489 e. The largest absolute Gasteiger partial charge is 0.489 e. The lowest BCUT2D eigenvalue weighted by molar-refractivity contribution is -0.137. The molecule has 5 nitrogen and oxygen atoms in total. The van der Waals surface area contributed by atoms with Gasteiger partial charge in [0.25, 0.3) is 0 Å². The van der Waals surface area contributed by atoms with Gasteiger partial charge >= 0.3 is 5.97 Å². The molecule has 0 fully saturated rings. The van der Waals surface area contributed by atoms with E-state index in [-0.39, 0.29) is 22.2 Å². The maximum Gasteiger partial charge on any atom is 0.330 e. The molecule has 0 spiro atoms. The molecular weight excluding hydrogens is 497 g/mol. The standard InChI is InChI=1S/C29H37Cl2NO4/c1-4-29(5-2,17-20-15-22-9-7-8-10-23(22)16-20)32-18-24(33)19-36-25-13-11-21(27(30)28(25)31)12-14-26(34)35-6-3/h7-14,20,24,32-33H,4-6,15-19H2,1-3H3/b14-12+/t24-/m1/s1. The van der Waals surface area contributed by atoms with E-state index in [9.17, 15) is 9.90 Å². The van der Waals surface area contributed by atoms with Crippen LogP contribution in [0.4, 0.5) is 0 Å². The van der Waals surface area contributed by atoms with Gasteiger partial charge in [-0.1, -0.05) is 61.3 Å². The molecule has 196 valence electrons. The number of carbonyl (C=O) groups excluding carboxylic acids is 1. The van der Waals surface area contributed by atoms with Crippen molar-refractivity contribution in [2.45, 2.75) is 64.5 Å². The molecule has 0 aromatic heterocycles. The van der Waals surface area contributed by atoms with Crippen LogP contribution >= 0.6 is 23.2 Å². The van der Waals surface area contributed by atoms with E-state index in [1.165, 1.54) is 17.2 Å². The molecule has 0 saturated heterocycles. The highest BCUT2D eigenvalue weighted by atomic mass is 35.5. The number of rotatable bonds is 13. The van der Waals surface area contributed by atoms with E-state index in [1.807, 2.05) is 0 Å². The molecule has 2 aromatic carbocycles. The first-order valence-corrected chi connectivity index (χ1v) is 13.5. The zero-order chi connectivity index (χ0) is 26.1. The number of β-amino-alcohol motifs (C(OH)–C–C–N with tert-alkyl or cyclic N) is 1. The van der Waals surface area contributed by atoms with E-state index in [1.54, 1.807) is 25.1 Å². The molecule has 2 aromatic rings. The van der Waals surface area contributed by atoms with Gasteiger partial charge in [-0.3, -0.25) is 0 Å². The fourth-order valence-corrected chi connectivity index (χ4v) is 5.37. The lowest BCUT2D eigenvalue weighted by atomic mass is 9.81. The molecule has 7 heteroatoms. The molecule has 0 radical (unpaired) electrons. The maximum absolute atomic E-state index is 11.5. The molecule has 1 aliphatic rings. The van der Waals surface area contributed by atoms with Crippen molar-refractivity contribution in [3.05, 3.63) is 69.2 Å². The molecule has 0 amide bonds. The zero-order valence-corrected chi connectivity index (χ0v) is 22.9.